The van der Waals surface area contributed by atoms with Crippen LogP contribution in [0.3, 0.4) is 0 Å². The van der Waals surface area contributed by atoms with Crippen LogP contribution < -0.4 is 0 Å². The molecule has 3 N–H and O–H groups in total. The topological polar surface area (TPSA) is 82.7 Å². The van der Waals surface area contributed by atoms with Crippen LogP contribution in [-0.2, 0) is 4.79 Å². The Bertz CT molecular complexity index is 452. The second kappa shape index (κ2) is 4.55. The van der Waals surface area contributed by atoms with Gasteiger partial charge in [0.1, 0.15) is 0 Å². The predicted molar refractivity (Wildman–Crippen MR) is 65.9 cm³/mol. The molecule has 100 valence electrons. The van der Waals surface area contributed by atoms with Crippen molar-refractivity contribution in [1.29, 1.82) is 0 Å². The molecule has 0 aromatic carbocycles. The van der Waals surface area contributed by atoms with E-state index in [1.54, 1.807) is 13.8 Å². The van der Waals surface area contributed by atoms with Gasteiger partial charge in [0.25, 0.3) is 0 Å². The van der Waals surface area contributed by atoms with Crippen molar-refractivity contribution in [2.24, 2.45) is 5.92 Å². The maximum atomic E-state index is 11.3. The van der Waals surface area contributed by atoms with Gasteiger partial charge in [0.2, 0.25) is 0 Å². The van der Waals surface area contributed by atoms with Crippen LogP contribution in [0.2, 0.25) is 0 Å². The van der Waals surface area contributed by atoms with Crippen LogP contribution in [0.5, 0.6) is 11.8 Å². The molecule has 0 bridgehead atoms. The summed E-state index contributed by atoms with van der Waals surface area (Å²) in [5.41, 5.74) is 1.23. The maximum Gasteiger partial charge on any atom is 0.308 e. The highest BCUT2D eigenvalue weighted by Gasteiger charge is 2.35. The average Bonchev–Trinajstić information content (AvgIpc) is 2.54. The van der Waals surface area contributed by atoms with Gasteiger partial charge in [-0.3, -0.25) is 9.36 Å². The summed E-state index contributed by atoms with van der Waals surface area (Å²) in [6, 6.07) is -0.358. The van der Waals surface area contributed by atoms with Crippen LogP contribution >= 0.6 is 0 Å². The van der Waals surface area contributed by atoms with Crippen LogP contribution in [-0.4, -0.2) is 25.9 Å². The standard InChI is InChI=1S/C13H19NO4/c1-7-8(2)12(16)14(11(7)15)10-6-4-3-5-9(10)13(17)18/h9-10,15-16H,3-6H2,1-2H3,(H,17,18). The molecule has 0 saturated heterocycles. The summed E-state index contributed by atoms with van der Waals surface area (Å²) >= 11 is 0. The van der Waals surface area contributed by atoms with E-state index in [0.29, 0.717) is 24.0 Å². The number of aliphatic carboxylic acids is 1. The molecule has 1 aromatic heterocycles. The zero-order valence-electron chi connectivity index (χ0n) is 10.7. The molecular weight excluding hydrogens is 234 g/mol. The molecule has 2 atom stereocenters. The summed E-state index contributed by atoms with van der Waals surface area (Å²) in [6.45, 7) is 3.44. The lowest BCUT2D eigenvalue weighted by molar-refractivity contribution is -0.144. The van der Waals surface area contributed by atoms with Crippen molar-refractivity contribution in [2.75, 3.05) is 0 Å². The fourth-order valence-electron chi connectivity index (χ4n) is 2.82. The highest BCUT2D eigenvalue weighted by Crippen LogP contribution is 2.43. The molecule has 5 nitrogen and oxygen atoms in total. The molecular formula is C13H19NO4. The lowest BCUT2D eigenvalue weighted by atomic mass is 9.84. The van der Waals surface area contributed by atoms with Gasteiger partial charge in [-0.15, -0.1) is 0 Å². The number of aromatic nitrogens is 1. The molecule has 1 saturated carbocycles. The fraction of sp³-hybridized carbons (Fsp3) is 0.615. The number of hydrogen-bond acceptors (Lipinski definition) is 3. The zero-order valence-corrected chi connectivity index (χ0v) is 10.7. The van der Waals surface area contributed by atoms with Crippen molar-refractivity contribution in [3.05, 3.63) is 11.1 Å². The maximum absolute atomic E-state index is 11.3. The van der Waals surface area contributed by atoms with Crippen molar-refractivity contribution in [3.8, 4) is 11.8 Å². The van der Waals surface area contributed by atoms with Crippen LogP contribution in [0.15, 0.2) is 0 Å². The molecule has 1 heterocycles. The Kier molecular flexibility index (Phi) is 3.24. The van der Waals surface area contributed by atoms with Gasteiger partial charge in [-0.1, -0.05) is 12.8 Å². The van der Waals surface area contributed by atoms with Gasteiger partial charge in [0.15, 0.2) is 11.8 Å². The molecule has 1 fully saturated rings. The number of carbonyl (C=O) groups is 1. The van der Waals surface area contributed by atoms with Crippen molar-refractivity contribution >= 4 is 5.97 Å². The zero-order chi connectivity index (χ0) is 13.4. The van der Waals surface area contributed by atoms with E-state index in [0.717, 1.165) is 12.8 Å². The SMILES string of the molecule is Cc1c(C)c(O)n(C2CCCCC2C(=O)O)c1O. The first-order chi connectivity index (χ1) is 8.45. The van der Waals surface area contributed by atoms with E-state index in [2.05, 4.69) is 0 Å². The first-order valence-corrected chi connectivity index (χ1v) is 6.27. The molecule has 1 aliphatic rings. The number of carboxylic acids is 1. The summed E-state index contributed by atoms with van der Waals surface area (Å²) < 4.78 is 1.39. The van der Waals surface area contributed by atoms with E-state index < -0.39 is 11.9 Å². The number of nitrogens with zero attached hydrogens (tertiary/aromatic N) is 1. The third-order valence-corrected chi connectivity index (χ3v) is 4.07. The second-order valence-corrected chi connectivity index (χ2v) is 5.06. The Balaban J connectivity index is 2.46. The van der Waals surface area contributed by atoms with E-state index in [1.807, 2.05) is 0 Å². The van der Waals surface area contributed by atoms with Gasteiger partial charge in [0.05, 0.1) is 12.0 Å². The van der Waals surface area contributed by atoms with Gasteiger partial charge in [-0.05, 0) is 26.7 Å². The van der Waals surface area contributed by atoms with E-state index in [4.69, 9.17) is 0 Å². The van der Waals surface area contributed by atoms with Crippen LogP contribution in [0, 0.1) is 19.8 Å². The summed E-state index contributed by atoms with van der Waals surface area (Å²) in [6.07, 6.45) is 3.07. The number of aromatic hydroxyl groups is 2. The van der Waals surface area contributed by atoms with Gasteiger partial charge in [0, 0.05) is 11.1 Å². The quantitative estimate of drug-likeness (QED) is 0.755. The minimum atomic E-state index is -0.859. The Hall–Kier alpha value is -1.65. The summed E-state index contributed by atoms with van der Waals surface area (Å²) in [5.74, 6) is -1.42. The highest BCUT2D eigenvalue weighted by atomic mass is 16.4. The van der Waals surface area contributed by atoms with E-state index >= 15 is 0 Å². The fourth-order valence-corrected chi connectivity index (χ4v) is 2.82. The average molecular weight is 253 g/mol. The minimum absolute atomic E-state index is 0.0110. The number of carboxylic acid groups (broad SMARTS) is 1. The Morgan fingerprint density at radius 3 is 2.11 bits per heavy atom. The molecule has 1 aliphatic carbocycles. The molecule has 5 heteroatoms. The molecule has 18 heavy (non-hydrogen) atoms. The summed E-state index contributed by atoms with van der Waals surface area (Å²) in [5, 5.41) is 29.4. The Morgan fingerprint density at radius 1 is 1.11 bits per heavy atom. The third kappa shape index (κ3) is 1.83. The third-order valence-electron chi connectivity index (χ3n) is 4.07. The number of rotatable bonds is 2. The molecule has 2 unspecified atom stereocenters. The lowest BCUT2D eigenvalue weighted by Gasteiger charge is -2.30. The van der Waals surface area contributed by atoms with Crippen molar-refractivity contribution < 1.29 is 20.1 Å². The first-order valence-electron chi connectivity index (χ1n) is 6.27. The second-order valence-electron chi connectivity index (χ2n) is 5.06. The summed E-state index contributed by atoms with van der Waals surface area (Å²) in [7, 11) is 0. The van der Waals surface area contributed by atoms with Gasteiger partial charge >= 0.3 is 5.97 Å². The van der Waals surface area contributed by atoms with E-state index in [9.17, 15) is 20.1 Å². The van der Waals surface area contributed by atoms with Crippen LogP contribution in [0.4, 0.5) is 0 Å². The lowest BCUT2D eigenvalue weighted by Crippen LogP contribution is -2.29. The van der Waals surface area contributed by atoms with Gasteiger partial charge in [-0.2, -0.15) is 0 Å². The molecule has 0 spiro atoms. The molecule has 0 aliphatic heterocycles. The van der Waals surface area contributed by atoms with Crippen molar-refractivity contribution in [3.63, 3.8) is 0 Å². The molecule has 1 aromatic rings. The highest BCUT2D eigenvalue weighted by molar-refractivity contribution is 5.71. The molecule has 0 amide bonds. The number of hydrogen-bond donors (Lipinski definition) is 3. The smallest absolute Gasteiger partial charge is 0.308 e. The van der Waals surface area contributed by atoms with Gasteiger partial charge < -0.3 is 15.3 Å². The first kappa shape index (κ1) is 12.8. The Labute approximate surface area is 106 Å². The van der Waals surface area contributed by atoms with Crippen molar-refractivity contribution in [1.82, 2.24) is 4.57 Å². The van der Waals surface area contributed by atoms with Crippen LogP contribution in [0.25, 0.3) is 0 Å². The molecule has 2 rings (SSSR count). The van der Waals surface area contributed by atoms with Crippen molar-refractivity contribution in [2.45, 2.75) is 45.6 Å². The predicted octanol–water partition coefficient (Wildman–Crippen LogP) is 2.33. The van der Waals surface area contributed by atoms with E-state index in [-0.39, 0.29) is 17.8 Å². The summed E-state index contributed by atoms with van der Waals surface area (Å²) in [4.78, 5) is 11.3. The molecule has 0 radical (unpaired) electrons. The van der Waals surface area contributed by atoms with Crippen LogP contribution in [0.1, 0.15) is 42.9 Å². The normalized spacial score (nSPS) is 24.1. The van der Waals surface area contributed by atoms with E-state index in [1.165, 1.54) is 4.57 Å². The van der Waals surface area contributed by atoms with Gasteiger partial charge in [-0.25, -0.2) is 0 Å². The largest absolute Gasteiger partial charge is 0.494 e. The monoisotopic (exact) mass is 253 g/mol. The minimum Gasteiger partial charge on any atom is -0.494 e. The Morgan fingerprint density at radius 2 is 1.61 bits per heavy atom.